The van der Waals surface area contributed by atoms with Crippen LogP contribution in [0.5, 0.6) is 5.75 Å². The van der Waals surface area contributed by atoms with Crippen molar-refractivity contribution in [2.24, 2.45) is 5.92 Å². The maximum atomic E-state index is 13.7. The molecule has 0 atom stereocenters. The number of hydrogen-bond acceptors (Lipinski definition) is 4. The van der Waals surface area contributed by atoms with Crippen molar-refractivity contribution in [3.8, 4) is 5.75 Å². The molecule has 8 heteroatoms. The van der Waals surface area contributed by atoms with Crippen molar-refractivity contribution in [2.45, 2.75) is 46.8 Å². The van der Waals surface area contributed by atoms with Gasteiger partial charge < -0.3 is 14.4 Å². The van der Waals surface area contributed by atoms with Crippen LogP contribution in [-0.4, -0.2) is 25.1 Å². The molecular formula is C27H26ClF2NO4. The predicted octanol–water partition coefficient (Wildman–Crippen LogP) is 6.56. The van der Waals surface area contributed by atoms with Gasteiger partial charge in [0.15, 0.2) is 0 Å². The van der Waals surface area contributed by atoms with E-state index in [1.807, 2.05) is 26.0 Å². The van der Waals surface area contributed by atoms with Gasteiger partial charge in [-0.1, -0.05) is 55.8 Å². The molecule has 0 spiro atoms. The zero-order valence-electron chi connectivity index (χ0n) is 19.7. The third-order valence-corrected chi connectivity index (χ3v) is 6.23. The van der Waals surface area contributed by atoms with E-state index in [-0.39, 0.29) is 48.1 Å². The number of carbonyl (C=O) groups is 2. The van der Waals surface area contributed by atoms with Gasteiger partial charge >= 0.3 is 12.6 Å². The number of nitrogens with zero attached hydrogens (tertiary/aromatic N) is 1. The summed E-state index contributed by atoms with van der Waals surface area (Å²) in [7, 11) is 0. The fraction of sp³-hybridized carbons (Fsp3) is 0.333. The third-order valence-electron chi connectivity index (χ3n) is 5.93. The predicted molar refractivity (Wildman–Crippen MR) is 131 cm³/mol. The summed E-state index contributed by atoms with van der Waals surface area (Å²) in [6.45, 7) is 3.11. The van der Waals surface area contributed by atoms with E-state index in [2.05, 4.69) is 0 Å². The van der Waals surface area contributed by atoms with Crippen molar-refractivity contribution in [3.63, 3.8) is 0 Å². The normalized spacial score (nSPS) is 13.1. The van der Waals surface area contributed by atoms with Crippen molar-refractivity contribution >= 4 is 39.9 Å². The minimum atomic E-state index is -3.03. The molecule has 0 saturated heterocycles. The number of amides is 1. The van der Waals surface area contributed by atoms with E-state index in [4.69, 9.17) is 21.1 Å². The zero-order chi connectivity index (χ0) is 25.3. The SMILES string of the molecule is CCOC(=O)Cc1ccc(N2Cc3c(c(CC(C)C)c4ccccc4c3OC(F)F)C2=O)c(Cl)c1. The topological polar surface area (TPSA) is 55.8 Å². The highest BCUT2D eigenvalue weighted by Crippen LogP contribution is 2.44. The molecule has 5 nitrogen and oxygen atoms in total. The molecule has 0 bridgehead atoms. The van der Waals surface area contributed by atoms with Crippen molar-refractivity contribution < 1.29 is 27.8 Å². The smallest absolute Gasteiger partial charge is 0.387 e. The first-order valence-electron chi connectivity index (χ1n) is 11.5. The quantitative estimate of drug-likeness (QED) is 0.328. The van der Waals surface area contributed by atoms with Crippen LogP contribution in [0.1, 0.15) is 47.8 Å². The average molecular weight is 502 g/mol. The number of fused-ring (bicyclic) bond motifs is 2. The van der Waals surface area contributed by atoms with Crippen molar-refractivity contribution in [2.75, 3.05) is 11.5 Å². The summed E-state index contributed by atoms with van der Waals surface area (Å²) < 4.78 is 36.8. The molecule has 0 saturated carbocycles. The second-order valence-corrected chi connectivity index (χ2v) is 9.25. The molecule has 184 valence electrons. The van der Waals surface area contributed by atoms with Gasteiger partial charge in [-0.2, -0.15) is 8.78 Å². The molecule has 0 N–H and O–H groups in total. The first-order chi connectivity index (χ1) is 16.7. The number of halogens is 3. The molecule has 0 fully saturated rings. The Hall–Kier alpha value is -3.19. The van der Waals surface area contributed by atoms with Crippen LogP contribution >= 0.6 is 11.6 Å². The van der Waals surface area contributed by atoms with Crippen LogP contribution in [0.4, 0.5) is 14.5 Å². The lowest BCUT2D eigenvalue weighted by Gasteiger charge is -2.18. The number of hydrogen-bond donors (Lipinski definition) is 0. The molecule has 0 unspecified atom stereocenters. The Morgan fingerprint density at radius 3 is 2.49 bits per heavy atom. The monoisotopic (exact) mass is 501 g/mol. The lowest BCUT2D eigenvalue weighted by Crippen LogP contribution is -2.24. The highest BCUT2D eigenvalue weighted by Gasteiger charge is 2.37. The van der Waals surface area contributed by atoms with E-state index >= 15 is 0 Å². The van der Waals surface area contributed by atoms with Gasteiger partial charge in [0.25, 0.3) is 5.91 Å². The van der Waals surface area contributed by atoms with Crippen molar-refractivity contribution in [1.82, 2.24) is 0 Å². The van der Waals surface area contributed by atoms with Crippen molar-refractivity contribution in [3.05, 3.63) is 69.7 Å². The largest absolute Gasteiger partial charge is 0.466 e. The Morgan fingerprint density at radius 1 is 1.14 bits per heavy atom. The maximum Gasteiger partial charge on any atom is 0.387 e. The fourth-order valence-electron chi connectivity index (χ4n) is 4.61. The maximum absolute atomic E-state index is 13.7. The molecule has 1 heterocycles. The van der Waals surface area contributed by atoms with Gasteiger partial charge in [0.2, 0.25) is 0 Å². The van der Waals surface area contributed by atoms with Gasteiger partial charge in [0.05, 0.1) is 35.8 Å². The molecule has 0 aliphatic carbocycles. The lowest BCUT2D eigenvalue weighted by molar-refractivity contribution is -0.142. The molecule has 1 aliphatic heterocycles. The number of rotatable bonds is 8. The van der Waals surface area contributed by atoms with E-state index in [0.29, 0.717) is 34.2 Å². The van der Waals surface area contributed by atoms with Gasteiger partial charge in [0, 0.05) is 10.9 Å². The summed E-state index contributed by atoms with van der Waals surface area (Å²) in [5.41, 5.74) is 2.71. The summed E-state index contributed by atoms with van der Waals surface area (Å²) >= 11 is 6.53. The Bertz CT molecular complexity index is 1290. The summed E-state index contributed by atoms with van der Waals surface area (Å²) in [6.07, 6.45) is 0.655. The Balaban J connectivity index is 1.81. The lowest BCUT2D eigenvalue weighted by atomic mass is 9.89. The highest BCUT2D eigenvalue weighted by atomic mass is 35.5. The minimum absolute atomic E-state index is 0.0176. The van der Waals surface area contributed by atoms with E-state index in [1.165, 1.54) is 4.90 Å². The average Bonchev–Trinajstić information content (AvgIpc) is 3.12. The molecule has 1 amide bonds. The number of ether oxygens (including phenoxy) is 2. The minimum Gasteiger partial charge on any atom is -0.466 e. The molecule has 1 aliphatic rings. The second-order valence-electron chi connectivity index (χ2n) is 8.84. The third kappa shape index (κ3) is 4.96. The number of anilines is 1. The van der Waals surface area contributed by atoms with Crippen LogP contribution in [0.15, 0.2) is 42.5 Å². The molecule has 35 heavy (non-hydrogen) atoms. The van der Waals surface area contributed by atoms with Crippen LogP contribution in [0, 0.1) is 5.92 Å². The highest BCUT2D eigenvalue weighted by molar-refractivity contribution is 6.34. The summed E-state index contributed by atoms with van der Waals surface area (Å²) in [6, 6.07) is 12.1. The van der Waals surface area contributed by atoms with Gasteiger partial charge in [-0.05, 0) is 47.9 Å². The first-order valence-corrected chi connectivity index (χ1v) is 11.9. The van der Waals surface area contributed by atoms with Crippen molar-refractivity contribution in [1.29, 1.82) is 0 Å². The Labute approximate surface area is 207 Å². The van der Waals surface area contributed by atoms with Gasteiger partial charge in [0.1, 0.15) is 5.75 Å². The van der Waals surface area contributed by atoms with E-state index in [9.17, 15) is 18.4 Å². The van der Waals surface area contributed by atoms with E-state index in [1.54, 1.807) is 37.3 Å². The van der Waals surface area contributed by atoms with E-state index < -0.39 is 6.61 Å². The molecule has 3 aromatic rings. The number of esters is 1. The van der Waals surface area contributed by atoms with Crippen LogP contribution in [-0.2, 0) is 28.9 Å². The van der Waals surface area contributed by atoms with Gasteiger partial charge in [-0.25, -0.2) is 0 Å². The Kier molecular flexibility index (Phi) is 7.26. The number of carbonyl (C=O) groups excluding carboxylic acids is 2. The standard InChI is InChI=1S/C27H26ClF2NO4/c1-4-34-23(32)13-16-9-10-22(21(28)12-16)31-14-20-24(26(31)33)19(11-15(2)3)17-7-5-6-8-18(17)25(20)35-27(29)30/h5-10,12,15,27H,4,11,13-14H2,1-3H3. The number of alkyl halides is 2. The number of benzene rings is 3. The van der Waals surface area contributed by atoms with Crippen LogP contribution in [0.3, 0.4) is 0 Å². The molecule has 4 rings (SSSR count). The van der Waals surface area contributed by atoms with Gasteiger partial charge in [-0.3, -0.25) is 9.59 Å². The fourth-order valence-corrected chi connectivity index (χ4v) is 4.91. The van der Waals surface area contributed by atoms with Crippen LogP contribution < -0.4 is 9.64 Å². The molecule has 0 radical (unpaired) electrons. The Morgan fingerprint density at radius 2 is 1.86 bits per heavy atom. The summed E-state index contributed by atoms with van der Waals surface area (Å²) in [5, 5.41) is 1.55. The van der Waals surface area contributed by atoms with Crippen LogP contribution in [0.2, 0.25) is 5.02 Å². The zero-order valence-corrected chi connectivity index (χ0v) is 20.5. The molecule has 3 aromatic carbocycles. The molecular weight excluding hydrogens is 476 g/mol. The van der Waals surface area contributed by atoms with Gasteiger partial charge in [-0.15, -0.1) is 0 Å². The first kappa shape index (κ1) is 24.9. The van der Waals surface area contributed by atoms with E-state index in [0.717, 1.165) is 10.9 Å². The molecule has 0 aromatic heterocycles. The second kappa shape index (κ2) is 10.2. The summed E-state index contributed by atoms with van der Waals surface area (Å²) in [5.74, 6) is -0.443. The summed E-state index contributed by atoms with van der Waals surface area (Å²) in [4.78, 5) is 27.0. The van der Waals surface area contributed by atoms with Crippen LogP contribution in [0.25, 0.3) is 10.8 Å².